The number of likely N-dealkylation sites (N-methyl/N-ethyl adjacent to an activating group) is 1. The fraction of sp³-hybridized carbons (Fsp3) is 0.917. The summed E-state index contributed by atoms with van der Waals surface area (Å²) in [5.41, 5.74) is 4.66. The number of nitrogens with one attached hydrogen (secondary N) is 1. The molecule has 0 radical (unpaired) electrons. The molecule has 1 heterocycles. The lowest BCUT2D eigenvalue weighted by Crippen LogP contribution is -2.52. The molecule has 5 heteroatoms. The lowest BCUT2D eigenvalue weighted by Gasteiger charge is -2.26. The monoisotopic (exact) mass is 244 g/mol. The van der Waals surface area contributed by atoms with Crippen molar-refractivity contribution in [3.63, 3.8) is 0 Å². The van der Waals surface area contributed by atoms with Gasteiger partial charge < -0.3 is 20.5 Å². The van der Waals surface area contributed by atoms with Gasteiger partial charge in [0.2, 0.25) is 5.91 Å². The number of hydrogen-bond donors (Lipinski definition) is 2. The van der Waals surface area contributed by atoms with Crippen LogP contribution in [0.3, 0.4) is 0 Å². The molecule has 1 unspecified atom stereocenters. The van der Waals surface area contributed by atoms with Crippen molar-refractivity contribution in [2.75, 3.05) is 33.5 Å². The molecule has 5 nitrogen and oxygen atoms in total. The first-order valence-electron chi connectivity index (χ1n) is 6.23. The number of hydrogen-bond acceptors (Lipinski definition) is 4. The van der Waals surface area contributed by atoms with Crippen molar-refractivity contribution in [2.24, 2.45) is 11.7 Å². The van der Waals surface area contributed by atoms with E-state index in [0.717, 1.165) is 32.7 Å². The lowest BCUT2D eigenvalue weighted by molar-refractivity contribution is -0.124. The van der Waals surface area contributed by atoms with Crippen molar-refractivity contribution < 1.29 is 14.3 Å². The Bertz CT molecular complexity index is 242. The predicted octanol–water partition coefficient (Wildman–Crippen LogP) is 0.283. The fourth-order valence-electron chi connectivity index (χ4n) is 1.81. The average molecular weight is 244 g/mol. The third-order valence-electron chi connectivity index (χ3n) is 3.54. The van der Waals surface area contributed by atoms with Crippen LogP contribution < -0.4 is 11.1 Å². The van der Waals surface area contributed by atoms with Crippen LogP contribution in [-0.4, -0.2) is 44.9 Å². The molecule has 0 aliphatic carbocycles. The van der Waals surface area contributed by atoms with Crippen LogP contribution in [0.5, 0.6) is 0 Å². The van der Waals surface area contributed by atoms with Crippen molar-refractivity contribution in [3.8, 4) is 0 Å². The van der Waals surface area contributed by atoms with Crippen LogP contribution in [0.15, 0.2) is 0 Å². The van der Waals surface area contributed by atoms with Crippen LogP contribution >= 0.6 is 0 Å². The zero-order chi connectivity index (χ0) is 12.7. The first-order chi connectivity index (χ1) is 8.08. The molecule has 0 aromatic carbocycles. The van der Waals surface area contributed by atoms with E-state index in [1.807, 2.05) is 0 Å². The summed E-state index contributed by atoms with van der Waals surface area (Å²) in [6.45, 7) is 4.78. The quantitative estimate of drug-likeness (QED) is 0.631. The largest absolute Gasteiger partial charge is 0.381 e. The standard InChI is InChI=1S/C12H24N2O3/c1-12(14-2,11(13)15)5-8-17-9-10-3-6-16-7-4-10/h10,14H,3-9H2,1-2H3,(H2,13,15). The Labute approximate surface area is 103 Å². The summed E-state index contributed by atoms with van der Waals surface area (Å²) >= 11 is 0. The van der Waals surface area contributed by atoms with E-state index < -0.39 is 5.54 Å². The van der Waals surface area contributed by atoms with Crippen molar-refractivity contribution >= 4 is 5.91 Å². The van der Waals surface area contributed by atoms with Crippen molar-refractivity contribution in [2.45, 2.75) is 31.7 Å². The highest BCUT2D eigenvalue weighted by Crippen LogP contribution is 2.15. The Morgan fingerprint density at radius 2 is 2.18 bits per heavy atom. The van der Waals surface area contributed by atoms with E-state index in [1.165, 1.54) is 0 Å². The molecule has 0 aromatic heterocycles. The molecule has 1 aliphatic heterocycles. The van der Waals surface area contributed by atoms with Gasteiger partial charge in [-0.15, -0.1) is 0 Å². The first kappa shape index (κ1) is 14.4. The van der Waals surface area contributed by atoms with Crippen molar-refractivity contribution in [1.82, 2.24) is 5.32 Å². The van der Waals surface area contributed by atoms with Crippen molar-refractivity contribution in [1.29, 1.82) is 0 Å². The second-order valence-electron chi connectivity index (χ2n) is 4.83. The molecule has 0 bridgehead atoms. The highest BCUT2D eigenvalue weighted by Gasteiger charge is 2.28. The van der Waals surface area contributed by atoms with Crippen LogP contribution in [0, 0.1) is 5.92 Å². The Balaban J connectivity index is 2.16. The highest BCUT2D eigenvalue weighted by molar-refractivity contribution is 5.84. The molecule has 100 valence electrons. The molecule has 17 heavy (non-hydrogen) atoms. The molecule has 3 N–H and O–H groups in total. The molecule has 1 saturated heterocycles. The number of primary amides is 1. The Morgan fingerprint density at radius 3 is 2.71 bits per heavy atom. The fourth-order valence-corrected chi connectivity index (χ4v) is 1.81. The summed E-state index contributed by atoms with van der Waals surface area (Å²) in [5, 5.41) is 2.94. The van der Waals surface area contributed by atoms with Crippen LogP contribution in [0.1, 0.15) is 26.2 Å². The Hall–Kier alpha value is -0.650. The van der Waals surface area contributed by atoms with Crippen LogP contribution in [0.4, 0.5) is 0 Å². The Kier molecular flexibility index (Phi) is 5.88. The van der Waals surface area contributed by atoms with Gasteiger partial charge in [-0.2, -0.15) is 0 Å². The summed E-state index contributed by atoms with van der Waals surface area (Å²) in [4.78, 5) is 11.2. The average Bonchev–Trinajstić information content (AvgIpc) is 2.35. The number of carbonyl (C=O) groups excluding carboxylic acids is 1. The predicted molar refractivity (Wildman–Crippen MR) is 65.6 cm³/mol. The number of rotatable bonds is 7. The number of carbonyl (C=O) groups is 1. The number of ether oxygens (including phenoxy) is 2. The minimum Gasteiger partial charge on any atom is -0.381 e. The summed E-state index contributed by atoms with van der Waals surface area (Å²) < 4.78 is 10.9. The highest BCUT2D eigenvalue weighted by atomic mass is 16.5. The zero-order valence-electron chi connectivity index (χ0n) is 10.8. The maximum absolute atomic E-state index is 11.2. The van der Waals surface area contributed by atoms with Gasteiger partial charge in [0.15, 0.2) is 0 Å². The second-order valence-corrected chi connectivity index (χ2v) is 4.83. The molecular formula is C12H24N2O3. The van der Waals surface area contributed by atoms with Gasteiger partial charge in [0.1, 0.15) is 0 Å². The van der Waals surface area contributed by atoms with Gasteiger partial charge in [-0.1, -0.05) is 0 Å². The summed E-state index contributed by atoms with van der Waals surface area (Å²) in [7, 11) is 1.74. The van der Waals surface area contributed by atoms with E-state index >= 15 is 0 Å². The van der Waals surface area contributed by atoms with Crippen LogP contribution in [0.25, 0.3) is 0 Å². The van der Waals surface area contributed by atoms with Crippen LogP contribution in [0.2, 0.25) is 0 Å². The van der Waals surface area contributed by atoms with E-state index in [-0.39, 0.29) is 5.91 Å². The third kappa shape index (κ3) is 4.61. The smallest absolute Gasteiger partial charge is 0.237 e. The summed E-state index contributed by atoms with van der Waals surface area (Å²) in [5.74, 6) is 0.257. The van der Waals surface area contributed by atoms with Crippen molar-refractivity contribution in [3.05, 3.63) is 0 Å². The molecular weight excluding hydrogens is 220 g/mol. The van der Waals surface area contributed by atoms with E-state index in [1.54, 1.807) is 14.0 Å². The SMILES string of the molecule is CNC(C)(CCOCC1CCOCC1)C(N)=O. The second kappa shape index (κ2) is 6.93. The van der Waals surface area contributed by atoms with Gasteiger partial charge >= 0.3 is 0 Å². The molecule has 0 aromatic rings. The topological polar surface area (TPSA) is 73.6 Å². The maximum Gasteiger partial charge on any atom is 0.237 e. The van der Waals surface area contributed by atoms with E-state index in [2.05, 4.69) is 5.32 Å². The maximum atomic E-state index is 11.2. The molecule has 1 fully saturated rings. The van der Waals surface area contributed by atoms with Crippen LogP contribution in [-0.2, 0) is 14.3 Å². The minimum absolute atomic E-state index is 0.338. The number of amides is 1. The molecule has 1 aliphatic rings. The van der Waals surface area contributed by atoms with E-state index in [9.17, 15) is 4.79 Å². The van der Waals surface area contributed by atoms with E-state index in [4.69, 9.17) is 15.2 Å². The molecule has 1 atom stereocenters. The lowest BCUT2D eigenvalue weighted by atomic mass is 9.98. The molecule has 0 spiro atoms. The van der Waals surface area contributed by atoms with Gasteiger partial charge in [0.05, 0.1) is 5.54 Å². The van der Waals surface area contributed by atoms with Gasteiger partial charge in [-0.3, -0.25) is 4.79 Å². The minimum atomic E-state index is -0.671. The zero-order valence-corrected chi connectivity index (χ0v) is 10.8. The van der Waals surface area contributed by atoms with Gasteiger partial charge in [0, 0.05) is 26.4 Å². The Morgan fingerprint density at radius 1 is 1.53 bits per heavy atom. The normalized spacial score (nSPS) is 21.1. The van der Waals surface area contributed by atoms with Gasteiger partial charge in [-0.05, 0) is 39.2 Å². The third-order valence-corrected chi connectivity index (χ3v) is 3.54. The first-order valence-corrected chi connectivity index (χ1v) is 6.23. The summed E-state index contributed by atoms with van der Waals surface area (Å²) in [6, 6.07) is 0. The molecule has 1 rings (SSSR count). The van der Waals surface area contributed by atoms with Gasteiger partial charge in [-0.25, -0.2) is 0 Å². The number of nitrogens with two attached hydrogens (primary N) is 1. The summed E-state index contributed by atoms with van der Waals surface area (Å²) in [6.07, 6.45) is 2.74. The van der Waals surface area contributed by atoms with E-state index in [0.29, 0.717) is 18.9 Å². The molecule has 0 saturated carbocycles. The van der Waals surface area contributed by atoms with Gasteiger partial charge in [0.25, 0.3) is 0 Å². The molecule has 1 amide bonds.